The number of hydrogen-bond donors (Lipinski definition) is 1. The van der Waals surface area contributed by atoms with Crippen molar-refractivity contribution in [2.24, 2.45) is 11.8 Å². The number of carboxylic acid groups (broad SMARTS) is 1. The highest BCUT2D eigenvalue weighted by atomic mass is 35.5. The van der Waals surface area contributed by atoms with Gasteiger partial charge in [0, 0.05) is 19.6 Å². The average molecular weight is 305 g/mol. The Bertz CT molecular complexity index is 394. The molecule has 0 aromatic heterocycles. The number of nitrogens with zero attached hydrogens (tertiary/aromatic N) is 2. The molecule has 0 aromatic carbocycles. The predicted molar refractivity (Wildman–Crippen MR) is 74.4 cm³/mol. The lowest BCUT2D eigenvalue weighted by molar-refractivity contribution is -0.158. The first-order valence-corrected chi connectivity index (χ1v) is 7.23. The van der Waals surface area contributed by atoms with Crippen molar-refractivity contribution in [3.05, 3.63) is 0 Å². The van der Waals surface area contributed by atoms with Gasteiger partial charge < -0.3 is 14.9 Å². The monoisotopic (exact) mass is 304 g/mol. The van der Waals surface area contributed by atoms with Crippen molar-refractivity contribution >= 4 is 29.4 Å². The van der Waals surface area contributed by atoms with E-state index in [4.69, 9.17) is 11.6 Å². The molecule has 1 N–H and O–H groups in total. The van der Waals surface area contributed by atoms with Crippen molar-refractivity contribution in [3.63, 3.8) is 0 Å². The first kappa shape index (κ1) is 16.8. The smallest absolute Gasteiger partial charge is 0.326 e. The molecule has 1 heterocycles. The van der Waals surface area contributed by atoms with Gasteiger partial charge in [-0.3, -0.25) is 9.59 Å². The van der Waals surface area contributed by atoms with E-state index >= 15 is 0 Å². The topological polar surface area (TPSA) is 77.9 Å². The molecule has 0 aromatic rings. The summed E-state index contributed by atoms with van der Waals surface area (Å²) in [6.07, 6.45) is 0. The van der Waals surface area contributed by atoms with Gasteiger partial charge in [0.15, 0.2) is 0 Å². The maximum Gasteiger partial charge on any atom is 0.326 e. The Hall–Kier alpha value is -1.30. The molecule has 7 heteroatoms. The molecule has 0 saturated carbocycles. The summed E-state index contributed by atoms with van der Waals surface area (Å²) in [6, 6.07) is -0.828. The van der Waals surface area contributed by atoms with Gasteiger partial charge >= 0.3 is 5.97 Å². The second kappa shape index (κ2) is 6.92. The van der Waals surface area contributed by atoms with Crippen LogP contribution in [0.1, 0.15) is 20.8 Å². The van der Waals surface area contributed by atoms with E-state index in [0.717, 1.165) is 0 Å². The van der Waals surface area contributed by atoms with Gasteiger partial charge in [-0.2, -0.15) is 0 Å². The minimum absolute atomic E-state index is 0.0951. The molecular weight excluding hydrogens is 284 g/mol. The van der Waals surface area contributed by atoms with Crippen molar-refractivity contribution in [3.8, 4) is 0 Å². The summed E-state index contributed by atoms with van der Waals surface area (Å²) in [5.74, 6) is -1.98. The van der Waals surface area contributed by atoms with Gasteiger partial charge in [-0.25, -0.2) is 4.79 Å². The van der Waals surface area contributed by atoms with E-state index in [0.29, 0.717) is 19.6 Å². The number of halogens is 1. The molecule has 1 atom stereocenters. The third kappa shape index (κ3) is 3.42. The minimum atomic E-state index is -0.997. The van der Waals surface area contributed by atoms with E-state index in [-0.39, 0.29) is 29.5 Å². The molecule has 1 rings (SSSR count). The Balaban J connectivity index is 2.70. The first-order chi connectivity index (χ1) is 9.33. The van der Waals surface area contributed by atoms with E-state index in [1.54, 1.807) is 20.8 Å². The van der Waals surface area contributed by atoms with Crippen LogP contribution in [-0.4, -0.2) is 64.2 Å². The Morgan fingerprint density at radius 1 is 1.35 bits per heavy atom. The highest BCUT2D eigenvalue weighted by Gasteiger charge is 2.41. The molecule has 1 saturated heterocycles. The van der Waals surface area contributed by atoms with Crippen LogP contribution in [0.3, 0.4) is 0 Å². The summed E-state index contributed by atoms with van der Waals surface area (Å²) in [7, 11) is 0. The lowest BCUT2D eigenvalue weighted by Gasteiger charge is -2.42. The van der Waals surface area contributed by atoms with Crippen LogP contribution in [0.15, 0.2) is 0 Å². The Morgan fingerprint density at radius 3 is 2.25 bits per heavy atom. The number of amides is 2. The number of alkyl halides is 1. The molecule has 1 fully saturated rings. The standard InChI is InChI=1S/C13H21ClN2O4/c1-4-16(11(8(2)3)13(19)20)12(18)9-6-15(7-9)10(17)5-14/h8-9,11H,4-7H2,1-3H3,(H,19,20)/t11-/m0/s1. The number of likely N-dealkylation sites (N-methyl/N-ethyl adjacent to an activating group) is 1. The third-order valence-corrected chi connectivity index (χ3v) is 3.77. The summed E-state index contributed by atoms with van der Waals surface area (Å²) in [6.45, 7) is 6.30. The van der Waals surface area contributed by atoms with Gasteiger partial charge in [0.1, 0.15) is 11.9 Å². The Kier molecular flexibility index (Phi) is 5.80. The van der Waals surface area contributed by atoms with Gasteiger partial charge in [0.2, 0.25) is 11.8 Å². The third-order valence-electron chi connectivity index (χ3n) is 3.54. The van der Waals surface area contributed by atoms with E-state index in [9.17, 15) is 19.5 Å². The molecule has 0 spiro atoms. The van der Waals surface area contributed by atoms with Gasteiger partial charge in [0.05, 0.1) is 5.92 Å². The zero-order valence-corrected chi connectivity index (χ0v) is 12.8. The molecule has 0 unspecified atom stereocenters. The lowest BCUT2D eigenvalue weighted by atomic mass is 9.95. The molecule has 0 aliphatic carbocycles. The molecule has 6 nitrogen and oxygen atoms in total. The maximum absolute atomic E-state index is 12.4. The molecule has 0 radical (unpaired) electrons. The van der Waals surface area contributed by atoms with Crippen LogP contribution < -0.4 is 0 Å². The predicted octanol–water partition coefficient (Wildman–Crippen LogP) is 0.641. The number of carboxylic acids is 1. The molecule has 2 amide bonds. The van der Waals surface area contributed by atoms with Crippen molar-refractivity contribution in [2.45, 2.75) is 26.8 Å². The molecule has 1 aliphatic rings. The zero-order valence-electron chi connectivity index (χ0n) is 12.0. The largest absolute Gasteiger partial charge is 0.480 e. The second-order valence-electron chi connectivity index (χ2n) is 5.28. The van der Waals surface area contributed by atoms with Crippen LogP contribution >= 0.6 is 11.6 Å². The van der Waals surface area contributed by atoms with E-state index in [1.165, 1.54) is 9.80 Å². The molecule has 20 heavy (non-hydrogen) atoms. The molecule has 0 bridgehead atoms. The quantitative estimate of drug-likeness (QED) is 0.731. The lowest BCUT2D eigenvalue weighted by Crippen LogP contribution is -2.59. The second-order valence-corrected chi connectivity index (χ2v) is 5.55. The summed E-state index contributed by atoms with van der Waals surface area (Å²) in [5.41, 5.74) is 0. The summed E-state index contributed by atoms with van der Waals surface area (Å²) < 4.78 is 0. The van der Waals surface area contributed by atoms with Crippen LogP contribution in [0.25, 0.3) is 0 Å². The Labute approximate surface area is 123 Å². The van der Waals surface area contributed by atoms with E-state index in [1.807, 2.05) is 0 Å². The van der Waals surface area contributed by atoms with E-state index < -0.39 is 12.0 Å². The highest BCUT2D eigenvalue weighted by molar-refractivity contribution is 6.27. The normalized spacial score (nSPS) is 16.8. The number of carbonyl (C=O) groups is 3. The highest BCUT2D eigenvalue weighted by Crippen LogP contribution is 2.22. The zero-order chi connectivity index (χ0) is 15.4. The van der Waals surface area contributed by atoms with Crippen LogP contribution in [0.5, 0.6) is 0 Å². The van der Waals surface area contributed by atoms with Gasteiger partial charge in [-0.05, 0) is 12.8 Å². The summed E-state index contributed by atoms with van der Waals surface area (Å²) in [4.78, 5) is 37.9. The summed E-state index contributed by atoms with van der Waals surface area (Å²) in [5, 5.41) is 9.27. The number of likely N-dealkylation sites (tertiary alicyclic amines) is 1. The fourth-order valence-electron chi connectivity index (χ4n) is 2.43. The van der Waals surface area contributed by atoms with Crippen LogP contribution in [0.2, 0.25) is 0 Å². The van der Waals surface area contributed by atoms with Gasteiger partial charge in [0.25, 0.3) is 0 Å². The van der Waals surface area contributed by atoms with Crippen molar-refractivity contribution < 1.29 is 19.5 Å². The van der Waals surface area contributed by atoms with Crippen LogP contribution in [0.4, 0.5) is 0 Å². The first-order valence-electron chi connectivity index (χ1n) is 6.70. The van der Waals surface area contributed by atoms with Gasteiger partial charge in [-0.1, -0.05) is 13.8 Å². The van der Waals surface area contributed by atoms with Crippen molar-refractivity contribution in [2.75, 3.05) is 25.5 Å². The molecule has 114 valence electrons. The molecule has 1 aliphatic heterocycles. The average Bonchev–Trinajstić information content (AvgIpc) is 2.32. The number of rotatable bonds is 6. The van der Waals surface area contributed by atoms with Crippen LogP contribution in [-0.2, 0) is 14.4 Å². The number of hydrogen-bond acceptors (Lipinski definition) is 3. The number of carbonyl (C=O) groups excluding carboxylic acids is 2. The number of aliphatic carboxylic acids is 1. The maximum atomic E-state index is 12.4. The minimum Gasteiger partial charge on any atom is -0.480 e. The SMILES string of the molecule is CCN(C(=O)C1CN(C(=O)CCl)C1)[C@H](C(=O)O)C(C)C. The molecular formula is C13H21ClN2O4. The fraction of sp³-hybridized carbons (Fsp3) is 0.769. The van der Waals surface area contributed by atoms with Crippen LogP contribution in [0, 0.1) is 11.8 Å². The fourth-order valence-corrected chi connectivity index (χ4v) is 2.59. The summed E-state index contributed by atoms with van der Waals surface area (Å²) >= 11 is 5.45. The van der Waals surface area contributed by atoms with Crippen molar-refractivity contribution in [1.82, 2.24) is 9.80 Å². The van der Waals surface area contributed by atoms with Crippen molar-refractivity contribution in [1.29, 1.82) is 0 Å². The Morgan fingerprint density at radius 2 is 1.90 bits per heavy atom. The van der Waals surface area contributed by atoms with Gasteiger partial charge in [-0.15, -0.1) is 11.6 Å². The van der Waals surface area contributed by atoms with E-state index in [2.05, 4.69) is 0 Å².